The van der Waals surface area contributed by atoms with Gasteiger partial charge in [0.2, 0.25) is 11.8 Å². The predicted octanol–water partition coefficient (Wildman–Crippen LogP) is 1.03. The van der Waals surface area contributed by atoms with Crippen LogP contribution >= 0.6 is 11.8 Å². The van der Waals surface area contributed by atoms with Gasteiger partial charge in [0, 0.05) is 44.6 Å². The average molecular weight is 321 g/mol. The van der Waals surface area contributed by atoms with E-state index in [1.165, 1.54) is 0 Å². The first-order valence-corrected chi connectivity index (χ1v) is 8.73. The number of carbonyl (C=O) groups is 2. The molecule has 1 fully saturated rings. The molecule has 1 heterocycles. The average Bonchev–Trinajstić information content (AvgIpc) is 2.57. The van der Waals surface area contributed by atoms with Crippen LogP contribution in [0, 0.1) is 0 Å². The Morgan fingerprint density at radius 1 is 1.23 bits per heavy atom. The van der Waals surface area contributed by atoms with E-state index in [-0.39, 0.29) is 17.9 Å². The monoisotopic (exact) mass is 321 g/mol. The molecule has 2 N–H and O–H groups in total. The quantitative estimate of drug-likeness (QED) is 0.821. The highest BCUT2D eigenvalue weighted by atomic mass is 32.2. The zero-order valence-corrected chi connectivity index (χ0v) is 13.7. The predicted molar refractivity (Wildman–Crippen MR) is 89.8 cm³/mol. The Morgan fingerprint density at radius 3 is 2.55 bits per heavy atom. The van der Waals surface area contributed by atoms with Crippen LogP contribution in [0.1, 0.15) is 18.0 Å². The molecular formula is C16H23N3O2S. The number of nitrogens with zero attached hydrogens (tertiary/aromatic N) is 1. The third-order valence-electron chi connectivity index (χ3n) is 3.70. The van der Waals surface area contributed by atoms with Crippen molar-refractivity contribution in [1.29, 1.82) is 0 Å². The third kappa shape index (κ3) is 4.74. The molecule has 0 aliphatic carbocycles. The first kappa shape index (κ1) is 16.8. The lowest BCUT2D eigenvalue weighted by molar-refractivity contribution is -0.126. The number of nitrogens with one attached hydrogen (secondary N) is 2. The maximum absolute atomic E-state index is 12.6. The Morgan fingerprint density at radius 2 is 1.91 bits per heavy atom. The van der Waals surface area contributed by atoms with Crippen LogP contribution in [0.15, 0.2) is 30.3 Å². The zero-order valence-electron chi connectivity index (χ0n) is 12.9. The minimum Gasteiger partial charge on any atom is -0.359 e. The molecule has 0 aromatic heterocycles. The third-order valence-corrected chi connectivity index (χ3v) is 4.65. The summed E-state index contributed by atoms with van der Waals surface area (Å²) in [4.78, 5) is 26.1. The first-order chi connectivity index (χ1) is 10.7. The van der Waals surface area contributed by atoms with Crippen molar-refractivity contribution in [3.05, 3.63) is 35.9 Å². The van der Waals surface area contributed by atoms with Crippen LogP contribution in [0.5, 0.6) is 0 Å². The van der Waals surface area contributed by atoms with E-state index in [9.17, 15) is 9.59 Å². The van der Waals surface area contributed by atoms with Crippen LogP contribution in [0.2, 0.25) is 0 Å². The van der Waals surface area contributed by atoms with E-state index in [2.05, 4.69) is 15.5 Å². The molecule has 6 heteroatoms. The molecule has 1 atom stereocenters. The molecule has 0 saturated carbocycles. The van der Waals surface area contributed by atoms with Gasteiger partial charge in [-0.3, -0.25) is 14.5 Å². The Bertz CT molecular complexity index is 489. The SMILES string of the molecule is CNC(=O)CCNC(=O)C(c1ccccc1)N1CCSCC1. The molecule has 5 nitrogen and oxygen atoms in total. The minimum absolute atomic E-state index is 0.0259. The van der Waals surface area contributed by atoms with Gasteiger partial charge in [0.1, 0.15) is 6.04 Å². The lowest BCUT2D eigenvalue weighted by atomic mass is 10.0. The summed E-state index contributed by atoms with van der Waals surface area (Å²) < 4.78 is 0. The van der Waals surface area contributed by atoms with Gasteiger partial charge in [-0.2, -0.15) is 11.8 Å². The summed E-state index contributed by atoms with van der Waals surface area (Å²) >= 11 is 1.92. The van der Waals surface area contributed by atoms with Crippen molar-refractivity contribution in [3.63, 3.8) is 0 Å². The van der Waals surface area contributed by atoms with Crippen LogP contribution < -0.4 is 10.6 Å². The Balaban J connectivity index is 2.03. The lowest BCUT2D eigenvalue weighted by Gasteiger charge is -2.33. The fraction of sp³-hybridized carbons (Fsp3) is 0.500. The number of rotatable bonds is 6. The minimum atomic E-state index is -0.271. The number of hydrogen-bond acceptors (Lipinski definition) is 4. The van der Waals surface area contributed by atoms with Crippen molar-refractivity contribution >= 4 is 23.6 Å². The van der Waals surface area contributed by atoms with Gasteiger partial charge >= 0.3 is 0 Å². The largest absolute Gasteiger partial charge is 0.359 e. The van der Waals surface area contributed by atoms with Crippen LogP contribution in [0.25, 0.3) is 0 Å². The van der Waals surface area contributed by atoms with Gasteiger partial charge in [-0.25, -0.2) is 0 Å². The Kier molecular flexibility index (Phi) is 6.74. The van der Waals surface area contributed by atoms with Gasteiger partial charge in [-0.1, -0.05) is 30.3 Å². The van der Waals surface area contributed by atoms with Gasteiger partial charge in [0.25, 0.3) is 0 Å². The van der Waals surface area contributed by atoms with E-state index >= 15 is 0 Å². The van der Waals surface area contributed by atoms with Crippen molar-refractivity contribution in [2.75, 3.05) is 38.2 Å². The van der Waals surface area contributed by atoms with Crippen LogP contribution in [-0.2, 0) is 9.59 Å². The second-order valence-electron chi connectivity index (χ2n) is 5.18. The number of benzene rings is 1. The van der Waals surface area contributed by atoms with E-state index in [0.29, 0.717) is 13.0 Å². The Labute approximate surface area is 135 Å². The molecule has 0 bridgehead atoms. The van der Waals surface area contributed by atoms with E-state index in [1.54, 1.807) is 7.05 Å². The van der Waals surface area contributed by atoms with Crippen molar-refractivity contribution in [2.24, 2.45) is 0 Å². The van der Waals surface area contributed by atoms with E-state index < -0.39 is 0 Å². The molecule has 22 heavy (non-hydrogen) atoms. The lowest BCUT2D eigenvalue weighted by Crippen LogP contribution is -2.44. The summed E-state index contributed by atoms with van der Waals surface area (Å²) in [6, 6.07) is 9.58. The first-order valence-electron chi connectivity index (χ1n) is 7.57. The smallest absolute Gasteiger partial charge is 0.241 e. The highest BCUT2D eigenvalue weighted by molar-refractivity contribution is 7.99. The summed E-state index contributed by atoms with van der Waals surface area (Å²) in [6.07, 6.45) is 0.305. The van der Waals surface area contributed by atoms with Crippen molar-refractivity contribution in [3.8, 4) is 0 Å². The van der Waals surface area contributed by atoms with E-state index in [0.717, 1.165) is 30.2 Å². The van der Waals surface area contributed by atoms with Crippen molar-refractivity contribution < 1.29 is 9.59 Å². The number of hydrogen-bond donors (Lipinski definition) is 2. The fourth-order valence-corrected chi connectivity index (χ4v) is 3.45. The van der Waals surface area contributed by atoms with Crippen molar-refractivity contribution in [1.82, 2.24) is 15.5 Å². The summed E-state index contributed by atoms with van der Waals surface area (Å²) in [5.41, 5.74) is 1.01. The Hall–Kier alpha value is -1.53. The van der Waals surface area contributed by atoms with Crippen LogP contribution in [-0.4, -0.2) is 54.9 Å². The summed E-state index contributed by atoms with van der Waals surface area (Å²) in [6.45, 7) is 2.19. The van der Waals surface area contributed by atoms with Gasteiger partial charge in [-0.15, -0.1) is 0 Å². The number of amides is 2. The standard InChI is InChI=1S/C16H23N3O2S/c1-17-14(20)7-8-18-16(21)15(13-5-3-2-4-6-13)19-9-11-22-12-10-19/h2-6,15H,7-12H2,1H3,(H,17,20)(H,18,21). The van der Waals surface area contributed by atoms with E-state index in [4.69, 9.17) is 0 Å². The molecule has 2 rings (SSSR count). The fourth-order valence-electron chi connectivity index (χ4n) is 2.52. The molecular weight excluding hydrogens is 298 g/mol. The molecule has 1 aliphatic rings. The van der Waals surface area contributed by atoms with E-state index in [1.807, 2.05) is 42.1 Å². The van der Waals surface area contributed by atoms with Crippen molar-refractivity contribution in [2.45, 2.75) is 12.5 Å². The molecule has 1 aromatic rings. The van der Waals surface area contributed by atoms with Crippen LogP contribution in [0.4, 0.5) is 0 Å². The summed E-state index contributed by atoms with van der Waals surface area (Å²) in [5.74, 6) is 2.01. The normalized spacial score (nSPS) is 16.8. The maximum atomic E-state index is 12.6. The molecule has 1 saturated heterocycles. The zero-order chi connectivity index (χ0) is 15.8. The van der Waals surface area contributed by atoms with Gasteiger partial charge in [0.15, 0.2) is 0 Å². The molecule has 0 radical (unpaired) electrons. The molecule has 1 unspecified atom stereocenters. The summed E-state index contributed by atoms with van der Waals surface area (Å²) in [5, 5.41) is 5.46. The molecule has 1 aliphatic heterocycles. The van der Waals surface area contributed by atoms with Crippen LogP contribution in [0.3, 0.4) is 0 Å². The highest BCUT2D eigenvalue weighted by Gasteiger charge is 2.28. The summed E-state index contributed by atoms with van der Waals surface area (Å²) in [7, 11) is 1.60. The molecule has 120 valence electrons. The van der Waals surface area contributed by atoms with Gasteiger partial charge in [0.05, 0.1) is 0 Å². The molecule has 2 amide bonds. The second kappa shape index (κ2) is 8.80. The number of thioether (sulfide) groups is 1. The molecule has 0 spiro atoms. The maximum Gasteiger partial charge on any atom is 0.241 e. The molecule has 1 aromatic carbocycles. The second-order valence-corrected chi connectivity index (χ2v) is 6.40. The highest BCUT2D eigenvalue weighted by Crippen LogP contribution is 2.24. The van der Waals surface area contributed by atoms with Gasteiger partial charge in [-0.05, 0) is 5.56 Å². The topological polar surface area (TPSA) is 61.4 Å². The van der Waals surface area contributed by atoms with Gasteiger partial charge < -0.3 is 10.6 Å². The number of carbonyl (C=O) groups excluding carboxylic acids is 2.